The number of rotatable bonds is 6. The molecule has 2 unspecified atom stereocenters. The van der Waals surface area contributed by atoms with Gasteiger partial charge in [0.1, 0.15) is 11.6 Å². The molecule has 0 saturated carbocycles. The molecule has 4 rings (SSSR count). The monoisotopic (exact) mass is 438 g/mol. The van der Waals surface area contributed by atoms with Gasteiger partial charge in [-0.1, -0.05) is 25.7 Å². The SMILES string of the molecule is CCN1CCN(CC#CCN2CCN(CC)C(c3nccn3C)C2)CC1c1nccn1C. The van der Waals surface area contributed by atoms with E-state index in [-0.39, 0.29) is 0 Å². The second-order valence-electron chi connectivity index (χ2n) is 8.91. The molecule has 2 aromatic rings. The third-order valence-electron chi connectivity index (χ3n) is 7.01. The van der Waals surface area contributed by atoms with Crippen LogP contribution in [0, 0.1) is 11.8 Å². The molecule has 0 N–H and O–H groups in total. The quantitative estimate of drug-likeness (QED) is 0.632. The Morgan fingerprint density at radius 2 is 1.19 bits per heavy atom. The predicted molar refractivity (Wildman–Crippen MR) is 127 cm³/mol. The van der Waals surface area contributed by atoms with Crippen molar-refractivity contribution in [2.24, 2.45) is 14.1 Å². The zero-order valence-corrected chi connectivity index (χ0v) is 20.1. The van der Waals surface area contributed by atoms with Crippen LogP contribution in [0.2, 0.25) is 0 Å². The van der Waals surface area contributed by atoms with Crippen LogP contribution in [0.5, 0.6) is 0 Å². The van der Waals surface area contributed by atoms with Gasteiger partial charge in [0, 0.05) is 78.2 Å². The summed E-state index contributed by atoms with van der Waals surface area (Å²) in [4.78, 5) is 19.2. The van der Waals surface area contributed by atoms with Crippen LogP contribution in [0.15, 0.2) is 24.8 Å². The summed E-state index contributed by atoms with van der Waals surface area (Å²) in [7, 11) is 4.18. The van der Waals surface area contributed by atoms with Crippen LogP contribution in [0.1, 0.15) is 37.6 Å². The van der Waals surface area contributed by atoms with Gasteiger partial charge < -0.3 is 9.13 Å². The Labute approximate surface area is 192 Å². The number of aryl methyl sites for hydroxylation is 2. The molecule has 2 aromatic heterocycles. The Balaban J connectivity index is 1.32. The number of nitrogens with zero attached hydrogens (tertiary/aromatic N) is 8. The highest BCUT2D eigenvalue weighted by molar-refractivity contribution is 5.08. The molecule has 2 fully saturated rings. The van der Waals surface area contributed by atoms with E-state index in [1.165, 1.54) is 0 Å². The van der Waals surface area contributed by atoms with Crippen LogP contribution in [0.25, 0.3) is 0 Å². The van der Waals surface area contributed by atoms with Gasteiger partial charge in [-0.3, -0.25) is 19.6 Å². The molecule has 0 amide bonds. The minimum absolute atomic E-state index is 0.344. The van der Waals surface area contributed by atoms with Crippen LogP contribution >= 0.6 is 0 Å². The van der Waals surface area contributed by atoms with Gasteiger partial charge in [-0.25, -0.2) is 9.97 Å². The van der Waals surface area contributed by atoms with E-state index in [0.29, 0.717) is 12.1 Å². The van der Waals surface area contributed by atoms with Gasteiger partial charge in [-0.05, 0) is 13.1 Å². The Morgan fingerprint density at radius 1 is 0.750 bits per heavy atom. The number of aromatic nitrogens is 4. The standard InChI is InChI=1S/C24H38N8/c1-5-31-17-15-29(19-21(31)23-25-9-13-27(23)3)11-7-8-12-30-16-18-32(6-2)22(20-30)24-26-10-14-28(24)4/h9-10,13-14,21-22H,5-6,11-12,15-20H2,1-4H3. The summed E-state index contributed by atoms with van der Waals surface area (Å²) in [5.74, 6) is 9.22. The summed E-state index contributed by atoms with van der Waals surface area (Å²) in [6.07, 6.45) is 7.88. The zero-order chi connectivity index (χ0) is 22.5. The fourth-order valence-corrected chi connectivity index (χ4v) is 5.02. The number of hydrogen-bond acceptors (Lipinski definition) is 6. The molecule has 0 aromatic carbocycles. The summed E-state index contributed by atoms with van der Waals surface area (Å²) in [5.41, 5.74) is 0. The lowest BCUT2D eigenvalue weighted by Gasteiger charge is -2.40. The van der Waals surface area contributed by atoms with E-state index in [4.69, 9.17) is 0 Å². The third kappa shape index (κ3) is 5.07. The predicted octanol–water partition coefficient (Wildman–Crippen LogP) is 1.21. The molecular formula is C24H38N8. The van der Waals surface area contributed by atoms with Gasteiger partial charge >= 0.3 is 0 Å². The van der Waals surface area contributed by atoms with Crippen molar-refractivity contribution in [3.05, 3.63) is 36.4 Å². The first-order valence-electron chi connectivity index (χ1n) is 11.9. The molecular weight excluding hydrogens is 400 g/mol. The lowest BCUT2D eigenvalue weighted by atomic mass is 10.1. The smallest absolute Gasteiger partial charge is 0.127 e. The molecule has 0 bridgehead atoms. The normalized spacial score (nSPS) is 23.9. The Hall–Kier alpha value is -2.18. The van der Waals surface area contributed by atoms with E-state index in [9.17, 15) is 0 Å². The first-order valence-corrected chi connectivity index (χ1v) is 11.9. The molecule has 8 nitrogen and oxygen atoms in total. The Bertz CT molecular complexity index is 850. The van der Waals surface area contributed by atoms with Crippen molar-refractivity contribution >= 4 is 0 Å². The maximum Gasteiger partial charge on any atom is 0.127 e. The van der Waals surface area contributed by atoms with Crippen molar-refractivity contribution in [3.8, 4) is 11.8 Å². The first kappa shape index (κ1) is 23.0. The average molecular weight is 439 g/mol. The lowest BCUT2D eigenvalue weighted by molar-refractivity contribution is 0.0795. The summed E-state index contributed by atoms with van der Waals surface area (Å²) in [6.45, 7) is 14.5. The van der Waals surface area contributed by atoms with Crippen LogP contribution in [0.4, 0.5) is 0 Å². The minimum Gasteiger partial charge on any atom is -0.337 e. The maximum atomic E-state index is 4.62. The van der Waals surface area contributed by atoms with Crippen molar-refractivity contribution in [3.63, 3.8) is 0 Å². The highest BCUT2D eigenvalue weighted by Crippen LogP contribution is 2.24. The second-order valence-corrected chi connectivity index (χ2v) is 8.91. The average Bonchev–Trinajstić information content (AvgIpc) is 3.44. The molecule has 32 heavy (non-hydrogen) atoms. The minimum atomic E-state index is 0.344. The topological polar surface area (TPSA) is 48.6 Å². The van der Waals surface area contributed by atoms with E-state index in [0.717, 1.165) is 77.1 Å². The summed E-state index contributed by atoms with van der Waals surface area (Å²) < 4.78 is 4.30. The Morgan fingerprint density at radius 3 is 1.53 bits per heavy atom. The van der Waals surface area contributed by atoms with Crippen LogP contribution in [-0.4, -0.2) is 104 Å². The lowest BCUT2D eigenvalue weighted by Crippen LogP contribution is -2.49. The van der Waals surface area contributed by atoms with Crippen LogP contribution in [0.3, 0.4) is 0 Å². The molecule has 0 spiro atoms. The third-order valence-corrected chi connectivity index (χ3v) is 7.01. The van der Waals surface area contributed by atoms with Crippen molar-refractivity contribution in [1.29, 1.82) is 0 Å². The molecule has 4 heterocycles. The molecule has 0 radical (unpaired) electrons. The van der Waals surface area contributed by atoms with E-state index >= 15 is 0 Å². The fourth-order valence-electron chi connectivity index (χ4n) is 5.02. The van der Waals surface area contributed by atoms with Gasteiger partial charge in [0.2, 0.25) is 0 Å². The number of piperazine rings is 2. The van der Waals surface area contributed by atoms with Gasteiger partial charge in [0.05, 0.1) is 25.2 Å². The van der Waals surface area contributed by atoms with Gasteiger partial charge in [0.15, 0.2) is 0 Å². The van der Waals surface area contributed by atoms with E-state index in [1.54, 1.807) is 0 Å². The molecule has 2 saturated heterocycles. The van der Waals surface area contributed by atoms with Gasteiger partial charge in [-0.2, -0.15) is 0 Å². The summed E-state index contributed by atoms with van der Waals surface area (Å²) >= 11 is 0. The molecule has 8 heteroatoms. The van der Waals surface area contributed by atoms with Gasteiger partial charge in [-0.15, -0.1) is 0 Å². The Kier molecular flexibility index (Phi) is 7.63. The maximum absolute atomic E-state index is 4.62. The van der Waals surface area contributed by atoms with Crippen LogP contribution in [-0.2, 0) is 14.1 Å². The summed E-state index contributed by atoms with van der Waals surface area (Å²) in [6, 6.07) is 0.687. The van der Waals surface area contributed by atoms with Crippen LogP contribution < -0.4 is 0 Å². The van der Waals surface area contributed by atoms with Crippen molar-refractivity contribution in [2.45, 2.75) is 25.9 Å². The van der Waals surface area contributed by atoms with E-state index < -0.39 is 0 Å². The first-order chi connectivity index (χ1) is 15.6. The van der Waals surface area contributed by atoms with E-state index in [1.807, 2.05) is 24.8 Å². The van der Waals surface area contributed by atoms with Crippen molar-refractivity contribution in [2.75, 3.05) is 65.4 Å². The fraction of sp³-hybridized carbons (Fsp3) is 0.667. The van der Waals surface area contributed by atoms with Crippen molar-refractivity contribution < 1.29 is 0 Å². The number of hydrogen-bond donors (Lipinski definition) is 0. The highest BCUT2D eigenvalue weighted by Gasteiger charge is 2.30. The second kappa shape index (κ2) is 10.6. The largest absolute Gasteiger partial charge is 0.337 e. The number of imidazole rings is 2. The zero-order valence-electron chi connectivity index (χ0n) is 20.1. The van der Waals surface area contributed by atoms with Crippen molar-refractivity contribution in [1.82, 2.24) is 38.7 Å². The molecule has 2 atom stereocenters. The molecule has 0 aliphatic carbocycles. The summed E-state index contributed by atoms with van der Waals surface area (Å²) in [5, 5.41) is 0. The van der Waals surface area contributed by atoms with Gasteiger partial charge in [0.25, 0.3) is 0 Å². The molecule has 2 aliphatic heterocycles. The van der Waals surface area contributed by atoms with E-state index in [2.05, 4.69) is 78.5 Å². The number of likely N-dealkylation sites (N-methyl/N-ethyl adjacent to an activating group) is 2. The highest BCUT2D eigenvalue weighted by atomic mass is 15.3. The molecule has 2 aliphatic rings. The molecule has 174 valence electrons.